The molecule has 0 radical (unpaired) electrons. The second-order valence-corrected chi connectivity index (χ2v) is 7.02. The molecule has 3 aromatic rings. The lowest BCUT2D eigenvalue weighted by Gasteiger charge is -2.15. The Morgan fingerprint density at radius 3 is 2.76 bits per heavy atom. The van der Waals surface area contributed by atoms with Gasteiger partial charge >= 0.3 is 0 Å². The summed E-state index contributed by atoms with van der Waals surface area (Å²) in [6.07, 6.45) is 3.71. The highest BCUT2D eigenvalue weighted by Crippen LogP contribution is 2.41. The van der Waals surface area contributed by atoms with Gasteiger partial charge in [-0.1, -0.05) is 18.2 Å². The molecule has 0 amide bonds. The number of hydrogen-bond donors (Lipinski definition) is 2. The van der Waals surface area contributed by atoms with E-state index in [1.165, 1.54) is 10.6 Å². The molecule has 0 aliphatic heterocycles. The molecule has 6 nitrogen and oxygen atoms in total. The molecule has 7 heteroatoms. The van der Waals surface area contributed by atoms with Gasteiger partial charge in [-0.05, 0) is 54.6 Å². The van der Waals surface area contributed by atoms with E-state index >= 15 is 0 Å². The van der Waals surface area contributed by atoms with Crippen LogP contribution in [0.5, 0.6) is 0 Å². The first-order chi connectivity index (χ1) is 14.1. The number of aromatic nitrogens is 1. The predicted octanol–water partition coefficient (Wildman–Crippen LogP) is 2.86. The van der Waals surface area contributed by atoms with Crippen LogP contribution in [-0.4, -0.2) is 28.9 Å². The van der Waals surface area contributed by atoms with Crippen molar-refractivity contribution in [1.29, 1.82) is 0 Å². The average Bonchev–Trinajstić information content (AvgIpc) is 3.57. The van der Waals surface area contributed by atoms with Gasteiger partial charge in [-0.3, -0.25) is 14.4 Å². The number of amidine groups is 1. The number of aliphatic hydroxyl groups is 1. The molecule has 0 saturated heterocycles. The summed E-state index contributed by atoms with van der Waals surface area (Å²) in [5.41, 5.74) is 7.31. The lowest BCUT2D eigenvalue weighted by molar-refractivity contribution is 0.281. The number of benzene rings is 2. The molecule has 0 unspecified atom stereocenters. The number of pyridine rings is 1. The van der Waals surface area contributed by atoms with Crippen LogP contribution in [0.1, 0.15) is 35.4 Å². The van der Waals surface area contributed by atoms with E-state index in [9.17, 15) is 14.3 Å². The Balaban J connectivity index is 1.93. The monoisotopic (exact) mass is 392 g/mol. The smallest absolute Gasteiger partial charge is 0.265 e. The zero-order valence-electron chi connectivity index (χ0n) is 15.8. The molecule has 3 N–H and O–H groups in total. The molecule has 1 fully saturated rings. The number of aliphatic hydroxyl groups excluding tert-OH is 1. The van der Waals surface area contributed by atoms with Gasteiger partial charge in [0.25, 0.3) is 5.56 Å². The standard InChI is InChI=1S/C22H21FN4O2/c1-25-21(26-12-24)16-3-2-4-19(17(16)11-28)27-8-7-14-9-15(13-5-6-13)10-18(23)20(14)22(27)29/h2-4,7-10,13,28H,1,5-6,11-12,24H2/b26-21-. The van der Waals surface area contributed by atoms with E-state index in [2.05, 4.69) is 16.7 Å². The summed E-state index contributed by atoms with van der Waals surface area (Å²) in [4.78, 5) is 21.1. The van der Waals surface area contributed by atoms with Gasteiger partial charge in [0.15, 0.2) is 5.84 Å². The molecule has 4 rings (SSSR count). The minimum Gasteiger partial charge on any atom is -0.392 e. The van der Waals surface area contributed by atoms with Gasteiger partial charge < -0.3 is 10.8 Å². The molecule has 148 valence electrons. The van der Waals surface area contributed by atoms with Crippen LogP contribution in [0.25, 0.3) is 16.5 Å². The maximum Gasteiger partial charge on any atom is 0.265 e. The molecular formula is C22H21FN4O2. The molecule has 1 saturated carbocycles. The fourth-order valence-electron chi connectivity index (χ4n) is 3.67. The Kier molecular flexibility index (Phi) is 5.08. The van der Waals surface area contributed by atoms with E-state index in [1.807, 2.05) is 6.07 Å². The molecule has 0 bridgehead atoms. The number of rotatable bonds is 5. The van der Waals surface area contributed by atoms with E-state index in [4.69, 9.17) is 5.73 Å². The van der Waals surface area contributed by atoms with Crippen LogP contribution in [-0.2, 0) is 6.61 Å². The minimum absolute atomic E-state index is 0.00785. The number of halogens is 1. The number of nitrogens with zero attached hydrogens (tertiary/aromatic N) is 3. The summed E-state index contributed by atoms with van der Waals surface area (Å²) >= 11 is 0. The van der Waals surface area contributed by atoms with E-state index in [0.29, 0.717) is 28.1 Å². The lowest BCUT2D eigenvalue weighted by Crippen LogP contribution is -2.21. The minimum atomic E-state index is -0.524. The van der Waals surface area contributed by atoms with Gasteiger partial charge in [0.05, 0.1) is 24.3 Å². The third-order valence-corrected chi connectivity index (χ3v) is 5.23. The highest BCUT2D eigenvalue weighted by molar-refractivity contribution is 6.03. The summed E-state index contributed by atoms with van der Waals surface area (Å²) in [5.74, 6) is 0.136. The Labute approximate surface area is 166 Å². The van der Waals surface area contributed by atoms with Crippen LogP contribution < -0.4 is 11.3 Å². The Morgan fingerprint density at radius 2 is 2.10 bits per heavy atom. The molecule has 1 aliphatic carbocycles. The van der Waals surface area contributed by atoms with Gasteiger partial charge in [0.1, 0.15) is 5.82 Å². The molecule has 1 heterocycles. The SMILES string of the molecule is C=N/C(=N\CN)c1cccc(-n2ccc3cc(C4CC4)cc(F)c3c2=O)c1CO. The quantitative estimate of drug-likeness (QED) is 0.516. The average molecular weight is 392 g/mol. The van der Waals surface area contributed by atoms with Crippen LogP contribution in [0.2, 0.25) is 0 Å². The predicted molar refractivity (Wildman–Crippen MR) is 113 cm³/mol. The summed E-state index contributed by atoms with van der Waals surface area (Å²) in [7, 11) is 0. The van der Waals surface area contributed by atoms with Crippen molar-refractivity contribution < 1.29 is 9.50 Å². The second-order valence-electron chi connectivity index (χ2n) is 7.02. The molecular weight excluding hydrogens is 371 g/mol. The van der Waals surface area contributed by atoms with E-state index < -0.39 is 11.4 Å². The molecule has 29 heavy (non-hydrogen) atoms. The molecule has 2 aromatic carbocycles. The fourth-order valence-corrected chi connectivity index (χ4v) is 3.67. The third kappa shape index (κ3) is 3.39. The van der Waals surface area contributed by atoms with Crippen molar-refractivity contribution in [3.8, 4) is 5.69 Å². The van der Waals surface area contributed by atoms with Gasteiger partial charge in [-0.2, -0.15) is 0 Å². The number of fused-ring (bicyclic) bond motifs is 1. The first kappa shape index (κ1) is 19.2. The van der Waals surface area contributed by atoms with E-state index in [1.54, 1.807) is 30.5 Å². The van der Waals surface area contributed by atoms with Crippen LogP contribution in [0, 0.1) is 5.82 Å². The van der Waals surface area contributed by atoms with E-state index in [0.717, 1.165) is 18.4 Å². The summed E-state index contributed by atoms with van der Waals surface area (Å²) in [6, 6.07) is 10.2. The van der Waals surface area contributed by atoms with Crippen molar-refractivity contribution in [2.45, 2.75) is 25.4 Å². The van der Waals surface area contributed by atoms with Crippen molar-refractivity contribution in [3.05, 3.63) is 75.5 Å². The first-order valence-electron chi connectivity index (χ1n) is 9.38. The summed E-state index contributed by atoms with van der Waals surface area (Å²) in [5, 5.41) is 10.6. The number of hydrogen-bond acceptors (Lipinski definition) is 4. The zero-order valence-corrected chi connectivity index (χ0v) is 15.8. The zero-order chi connectivity index (χ0) is 20.5. The third-order valence-electron chi connectivity index (χ3n) is 5.23. The van der Waals surface area contributed by atoms with Gasteiger partial charge in [0, 0.05) is 17.3 Å². The maximum atomic E-state index is 14.8. The molecule has 1 aromatic heterocycles. The van der Waals surface area contributed by atoms with E-state index in [-0.39, 0.29) is 24.5 Å². The van der Waals surface area contributed by atoms with Gasteiger partial charge in [-0.15, -0.1) is 0 Å². The summed E-state index contributed by atoms with van der Waals surface area (Å²) < 4.78 is 16.2. The lowest BCUT2D eigenvalue weighted by atomic mass is 10.0. The van der Waals surface area contributed by atoms with Crippen molar-refractivity contribution in [1.82, 2.24) is 4.57 Å². The topological polar surface area (TPSA) is 93.0 Å². The Hall–Kier alpha value is -3.16. The Morgan fingerprint density at radius 1 is 1.31 bits per heavy atom. The molecule has 0 atom stereocenters. The highest BCUT2D eigenvalue weighted by Gasteiger charge is 2.25. The summed E-state index contributed by atoms with van der Waals surface area (Å²) in [6.45, 7) is 3.14. The van der Waals surface area contributed by atoms with Crippen LogP contribution in [0.15, 0.2) is 57.4 Å². The fraction of sp³-hybridized carbons (Fsp3) is 0.227. The van der Waals surface area contributed by atoms with Gasteiger partial charge in [-0.25, -0.2) is 9.38 Å². The molecule has 1 aliphatic rings. The highest BCUT2D eigenvalue weighted by atomic mass is 19.1. The number of nitrogens with two attached hydrogens (primary N) is 1. The van der Waals surface area contributed by atoms with Crippen molar-refractivity contribution in [3.63, 3.8) is 0 Å². The second kappa shape index (κ2) is 7.69. The normalized spacial score (nSPS) is 14.4. The maximum absolute atomic E-state index is 14.8. The largest absolute Gasteiger partial charge is 0.392 e. The van der Waals surface area contributed by atoms with Crippen molar-refractivity contribution >= 4 is 23.3 Å². The van der Waals surface area contributed by atoms with Crippen LogP contribution in [0.4, 0.5) is 4.39 Å². The molecule has 0 spiro atoms. The van der Waals surface area contributed by atoms with Gasteiger partial charge in [0.2, 0.25) is 0 Å². The van der Waals surface area contributed by atoms with Crippen LogP contribution in [0.3, 0.4) is 0 Å². The van der Waals surface area contributed by atoms with Crippen molar-refractivity contribution in [2.75, 3.05) is 6.67 Å². The first-order valence-corrected chi connectivity index (χ1v) is 9.38. The number of aliphatic imine (C=N–C) groups is 2. The Bertz CT molecular complexity index is 1200. The van der Waals surface area contributed by atoms with Crippen molar-refractivity contribution in [2.24, 2.45) is 15.7 Å². The van der Waals surface area contributed by atoms with Crippen LogP contribution >= 0.6 is 0 Å².